The number of hydrogen-bond acceptors (Lipinski definition) is 3. The Morgan fingerprint density at radius 2 is 1.59 bits per heavy atom. The van der Waals surface area contributed by atoms with Crippen molar-refractivity contribution in [3.8, 4) is 0 Å². The fourth-order valence-electron chi connectivity index (χ4n) is 1.55. The summed E-state index contributed by atoms with van der Waals surface area (Å²) < 4.78 is 41.4. The average molecular weight is 262 g/mol. The van der Waals surface area contributed by atoms with Gasteiger partial charge in [-0.3, -0.25) is 0 Å². The van der Waals surface area contributed by atoms with Gasteiger partial charge in [-0.15, -0.1) is 0 Å². The first-order valence-electron chi connectivity index (χ1n) is 5.16. The van der Waals surface area contributed by atoms with E-state index in [9.17, 15) is 8.78 Å². The van der Waals surface area contributed by atoms with Crippen LogP contribution in [0.2, 0.25) is 6.04 Å². The maximum absolute atomic E-state index is 13.0. The van der Waals surface area contributed by atoms with Gasteiger partial charge in [-0.1, -0.05) is 6.07 Å². The van der Waals surface area contributed by atoms with E-state index in [-0.39, 0.29) is 0 Å². The van der Waals surface area contributed by atoms with E-state index in [1.165, 1.54) is 27.4 Å². The first-order valence-corrected chi connectivity index (χ1v) is 7.09. The molecule has 1 aromatic rings. The van der Waals surface area contributed by atoms with Gasteiger partial charge in [0.15, 0.2) is 11.6 Å². The minimum atomic E-state index is -2.65. The molecule has 0 aliphatic rings. The van der Waals surface area contributed by atoms with E-state index < -0.39 is 20.4 Å². The molecule has 0 aromatic heterocycles. The van der Waals surface area contributed by atoms with Crippen LogP contribution < -0.4 is 0 Å². The maximum Gasteiger partial charge on any atom is 0.500 e. The van der Waals surface area contributed by atoms with Crippen LogP contribution in [0.4, 0.5) is 8.78 Å². The molecule has 1 rings (SSSR count). The molecule has 1 aromatic carbocycles. The number of benzene rings is 1. The Kier molecular flexibility index (Phi) is 5.19. The number of hydrogen-bond donors (Lipinski definition) is 0. The van der Waals surface area contributed by atoms with Crippen LogP contribution in [0.25, 0.3) is 0 Å². The van der Waals surface area contributed by atoms with Gasteiger partial charge in [0.2, 0.25) is 0 Å². The minimum Gasteiger partial charge on any atom is -0.377 e. The van der Waals surface area contributed by atoms with Crippen LogP contribution in [0.5, 0.6) is 0 Å². The molecule has 0 N–H and O–H groups in total. The van der Waals surface area contributed by atoms with E-state index in [2.05, 4.69) is 0 Å². The van der Waals surface area contributed by atoms with Gasteiger partial charge < -0.3 is 13.3 Å². The molecule has 3 nitrogen and oxygen atoms in total. The molecular formula is C11H16F2O3Si. The summed E-state index contributed by atoms with van der Waals surface area (Å²) in [4.78, 5) is 0. The minimum absolute atomic E-state index is 0.513. The normalized spacial score (nSPS) is 11.8. The van der Waals surface area contributed by atoms with Crippen molar-refractivity contribution in [1.29, 1.82) is 0 Å². The smallest absolute Gasteiger partial charge is 0.377 e. The second-order valence-corrected chi connectivity index (χ2v) is 6.63. The predicted octanol–water partition coefficient (Wildman–Crippen LogP) is 2.39. The Morgan fingerprint density at radius 1 is 1.00 bits per heavy atom. The van der Waals surface area contributed by atoms with E-state index in [1.807, 2.05) is 0 Å². The maximum atomic E-state index is 13.0. The zero-order chi connectivity index (χ0) is 12.9. The monoisotopic (exact) mass is 262 g/mol. The van der Waals surface area contributed by atoms with Crippen LogP contribution in [-0.2, 0) is 19.7 Å². The molecule has 0 saturated heterocycles. The number of aryl methyl sites for hydroxylation is 1. The molecule has 0 spiro atoms. The summed E-state index contributed by atoms with van der Waals surface area (Å²) in [5.74, 6) is -1.69. The molecule has 0 aliphatic heterocycles. The third-order valence-corrected chi connectivity index (χ3v) is 5.37. The van der Waals surface area contributed by atoms with Crippen molar-refractivity contribution >= 4 is 8.80 Å². The van der Waals surface area contributed by atoms with Crippen molar-refractivity contribution in [2.75, 3.05) is 21.3 Å². The Morgan fingerprint density at radius 3 is 2.06 bits per heavy atom. The van der Waals surface area contributed by atoms with Gasteiger partial charge in [-0.05, 0) is 24.1 Å². The lowest BCUT2D eigenvalue weighted by Gasteiger charge is -2.24. The quantitative estimate of drug-likeness (QED) is 0.737. The Hall–Kier alpha value is -0.823. The zero-order valence-electron chi connectivity index (χ0n) is 10.1. The Labute approximate surface area is 101 Å². The second kappa shape index (κ2) is 6.20. The van der Waals surface area contributed by atoms with Gasteiger partial charge in [0.05, 0.1) is 0 Å². The van der Waals surface area contributed by atoms with Gasteiger partial charge in [-0.2, -0.15) is 0 Å². The number of halogens is 2. The molecule has 0 saturated carbocycles. The molecule has 0 radical (unpaired) electrons. The van der Waals surface area contributed by atoms with Gasteiger partial charge >= 0.3 is 8.80 Å². The summed E-state index contributed by atoms with van der Waals surface area (Å²) in [5, 5.41) is 0. The molecule has 0 heterocycles. The summed E-state index contributed by atoms with van der Waals surface area (Å²) >= 11 is 0. The highest BCUT2D eigenvalue weighted by Crippen LogP contribution is 2.18. The topological polar surface area (TPSA) is 27.7 Å². The van der Waals surface area contributed by atoms with Gasteiger partial charge in [0, 0.05) is 27.4 Å². The third-order valence-electron chi connectivity index (χ3n) is 2.64. The van der Waals surface area contributed by atoms with E-state index in [0.717, 1.165) is 6.07 Å². The molecule has 0 atom stereocenters. The van der Waals surface area contributed by atoms with Crippen molar-refractivity contribution < 1.29 is 22.1 Å². The summed E-state index contributed by atoms with van der Waals surface area (Å²) in [6.07, 6.45) is 0.513. The third kappa shape index (κ3) is 3.57. The summed E-state index contributed by atoms with van der Waals surface area (Å²) in [6.45, 7) is 0. The van der Waals surface area contributed by atoms with Crippen molar-refractivity contribution in [3.05, 3.63) is 35.4 Å². The fourth-order valence-corrected chi connectivity index (χ4v) is 3.26. The molecule has 0 unspecified atom stereocenters. The molecule has 6 heteroatoms. The van der Waals surface area contributed by atoms with Gasteiger partial charge in [0.1, 0.15) is 0 Å². The molecule has 96 valence electrons. The SMILES string of the molecule is CO[Si](CCc1ccc(F)c(F)c1)(OC)OC. The molecule has 0 amide bonds. The highest BCUT2D eigenvalue weighted by Gasteiger charge is 2.37. The van der Waals surface area contributed by atoms with Crippen molar-refractivity contribution in [3.63, 3.8) is 0 Å². The van der Waals surface area contributed by atoms with Gasteiger partial charge in [-0.25, -0.2) is 8.78 Å². The average Bonchev–Trinajstić information content (AvgIpc) is 2.36. The largest absolute Gasteiger partial charge is 0.500 e. The van der Waals surface area contributed by atoms with Crippen molar-refractivity contribution in [1.82, 2.24) is 0 Å². The lowest BCUT2D eigenvalue weighted by molar-refractivity contribution is 0.123. The van der Waals surface area contributed by atoms with Crippen molar-refractivity contribution in [2.45, 2.75) is 12.5 Å². The van der Waals surface area contributed by atoms with Crippen LogP contribution in [0.15, 0.2) is 18.2 Å². The molecular weight excluding hydrogens is 246 g/mol. The van der Waals surface area contributed by atoms with Crippen LogP contribution in [0.1, 0.15) is 5.56 Å². The fraction of sp³-hybridized carbons (Fsp3) is 0.455. The predicted molar refractivity (Wildman–Crippen MR) is 61.7 cm³/mol. The first-order chi connectivity index (χ1) is 8.06. The second-order valence-electron chi connectivity index (χ2n) is 3.54. The van der Waals surface area contributed by atoms with Crippen LogP contribution >= 0.6 is 0 Å². The summed E-state index contributed by atoms with van der Waals surface area (Å²) in [5.41, 5.74) is 0.687. The molecule has 17 heavy (non-hydrogen) atoms. The lowest BCUT2D eigenvalue weighted by Crippen LogP contribution is -2.43. The Balaban J connectivity index is 2.68. The standard InChI is InChI=1S/C11H16F2O3Si/c1-14-17(15-2,16-3)7-6-9-4-5-10(12)11(13)8-9/h4-5,8H,6-7H2,1-3H3. The van der Waals surface area contributed by atoms with E-state index in [1.54, 1.807) is 6.07 Å². The highest BCUT2D eigenvalue weighted by molar-refractivity contribution is 6.60. The number of rotatable bonds is 6. The summed E-state index contributed by atoms with van der Waals surface area (Å²) in [6, 6.07) is 4.34. The van der Waals surface area contributed by atoms with Crippen LogP contribution in [0.3, 0.4) is 0 Å². The lowest BCUT2D eigenvalue weighted by atomic mass is 10.2. The first kappa shape index (κ1) is 14.2. The van der Waals surface area contributed by atoms with Crippen molar-refractivity contribution in [2.24, 2.45) is 0 Å². The summed E-state index contributed by atoms with van der Waals surface area (Å²) in [7, 11) is 1.91. The molecule has 0 aliphatic carbocycles. The van der Waals surface area contributed by atoms with Crippen LogP contribution in [0, 0.1) is 11.6 Å². The van der Waals surface area contributed by atoms with Crippen LogP contribution in [-0.4, -0.2) is 30.1 Å². The molecule has 0 fully saturated rings. The van der Waals surface area contributed by atoms with E-state index in [0.29, 0.717) is 18.0 Å². The highest BCUT2D eigenvalue weighted by atomic mass is 28.4. The van der Waals surface area contributed by atoms with E-state index >= 15 is 0 Å². The molecule has 0 bridgehead atoms. The van der Waals surface area contributed by atoms with Gasteiger partial charge in [0.25, 0.3) is 0 Å². The Bertz CT molecular complexity index is 361. The van der Waals surface area contributed by atoms with E-state index in [4.69, 9.17) is 13.3 Å². The zero-order valence-corrected chi connectivity index (χ0v) is 11.1.